The second-order valence-electron chi connectivity index (χ2n) is 9.83. The second-order valence-corrected chi connectivity index (χ2v) is 11.8. The van der Waals surface area contributed by atoms with E-state index in [0.717, 1.165) is 56.3 Å². The number of nitrogens with zero attached hydrogens (tertiary/aromatic N) is 3. The van der Waals surface area contributed by atoms with Gasteiger partial charge in [-0.2, -0.15) is 4.31 Å². The van der Waals surface area contributed by atoms with Crippen molar-refractivity contribution in [2.75, 3.05) is 42.5 Å². The van der Waals surface area contributed by atoms with Crippen LogP contribution in [0.4, 0.5) is 11.4 Å². The van der Waals surface area contributed by atoms with Crippen LogP contribution in [-0.4, -0.2) is 63.3 Å². The van der Waals surface area contributed by atoms with Crippen LogP contribution in [0.1, 0.15) is 44.1 Å². The molecule has 2 fully saturated rings. The van der Waals surface area contributed by atoms with Crippen molar-refractivity contribution in [3.8, 4) is 0 Å². The highest BCUT2D eigenvalue weighted by atomic mass is 32.2. The number of anilines is 2. The van der Waals surface area contributed by atoms with Crippen LogP contribution in [0.2, 0.25) is 0 Å². The van der Waals surface area contributed by atoms with Gasteiger partial charge in [-0.15, -0.1) is 0 Å². The van der Waals surface area contributed by atoms with Crippen molar-refractivity contribution in [3.05, 3.63) is 54.1 Å². The first-order valence-electron chi connectivity index (χ1n) is 13.0. The van der Waals surface area contributed by atoms with Gasteiger partial charge in [0.05, 0.1) is 16.3 Å². The zero-order valence-electron chi connectivity index (χ0n) is 20.6. The third-order valence-electron chi connectivity index (χ3n) is 7.43. The number of amides is 2. The van der Waals surface area contributed by atoms with Gasteiger partial charge < -0.3 is 10.2 Å². The van der Waals surface area contributed by atoms with Crippen LogP contribution < -0.4 is 15.1 Å². The summed E-state index contributed by atoms with van der Waals surface area (Å²) in [5, 5.41) is 2.93. The Hall–Kier alpha value is -2.91. The Labute approximate surface area is 213 Å². The lowest BCUT2D eigenvalue weighted by atomic mass is 9.96. The van der Waals surface area contributed by atoms with Crippen LogP contribution in [0, 0.1) is 0 Å². The van der Waals surface area contributed by atoms with Crippen LogP contribution in [0.15, 0.2) is 53.4 Å². The smallest absolute Gasteiger partial charge is 0.250 e. The van der Waals surface area contributed by atoms with Gasteiger partial charge in [0.25, 0.3) is 0 Å². The van der Waals surface area contributed by atoms with E-state index in [2.05, 4.69) is 10.2 Å². The summed E-state index contributed by atoms with van der Waals surface area (Å²) in [4.78, 5) is 30.2. The normalized spacial score (nSPS) is 20.6. The van der Waals surface area contributed by atoms with E-state index >= 15 is 0 Å². The molecule has 0 aromatic heterocycles. The molecule has 1 atom stereocenters. The second kappa shape index (κ2) is 10.6. The fourth-order valence-electron chi connectivity index (χ4n) is 5.51. The lowest BCUT2D eigenvalue weighted by Crippen LogP contribution is -2.57. The van der Waals surface area contributed by atoms with E-state index < -0.39 is 10.0 Å². The van der Waals surface area contributed by atoms with Crippen molar-refractivity contribution in [3.63, 3.8) is 0 Å². The Morgan fingerprint density at radius 1 is 0.917 bits per heavy atom. The quantitative estimate of drug-likeness (QED) is 0.619. The maximum Gasteiger partial charge on any atom is 0.250 e. The fourth-order valence-corrected chi connectivity index (χ4v) is 7.04. The summed E-state index contributed by atoms with van der Waals surface area (Å²) in [7, 11) is -3.66. The van der Waals surface area contributed by atoms with Gasteiger partial charge in [-0.05, 0) is 62.3 Å². The van der Waals surface area contributed by atoms with E-state index in [9.17, 15) is 18.0 Å². The van der Waals surface area contributed by atoms with Crippen molar-refractivity contribution in [2.45, 2.75) is 55.9 Å². The zero-order valence-corrected chi connectivity index (χ0v) is 21.4. The van der Waals surface area contributed by atoms with Crippen molar-refractivity contribution in [2.24, 2.45) is 0 Å². The molecular weight excluding hydrogens is 476 g/mol. The highest BCUT2D eigenvalue weighted by Gasteiger charge is 2.41. The number of benzene rings is 2. The number of piperidine rings is 2. The van der Waals surface area contributed by atoms with Gasteiger partial charge in [0.15, 0.2) is 0 Å². The standard InChI is InChI=1S/C27H34N4O4S/c32-26(28-15-14-21-9-3-1-4-10-21)20-31-25-19-22(36(34,35)29-16-6-2-7-17-29)12-13-23(25)30-18-8-5-11-24(30)27(31)33/h1,3-4,9-10,12-13,19,24H,2,5-8,11,14-18,20H2,(H,28,32). The number of sulfonamides is 1. The van der Waals surface area contributed by atoms with E-state index in [1.165, 1.54) is 9.21 Å². The Bertz CT molecular complexity index is 1210. The van der Waals surface area contributed by atoms with Gasteiger partial charge in [-0.25, -0.2) is 8.42 Å². The third-order valence-corrected chi connectivity index (χ3v) is 9.33. The Kier molecular flexibility index (Phi) is 7.29. The maximum atomic E-state index is 13.6. The molecule has 3 aliphatic rings. The van der Waals surface area contributed by atoms with Gasteiger partial charge in [0, 0.05) is 26.2 Å². The summed E-state index contributed by atoms with van der Waals surface area (Å²) < 4.78 is 28.3. The largest absolute Gasteiger partial charge is 0.358 e. The predicted octanol–water partition coefficient (Wildman–Crippen LogP) is 2.93. The summed E-state index contributed by atoms with van der Waals surface area (Å²) in [6.07, 6.45) is 6.12. The summed E-state index contributed by atoms with van der Waals surface area (Å²) in [5.41, 5.74) is 2.46. The summed E-state index contributed by atoms with van der Waals surface area (Å²) in [6, 6.07) is 14.7. The number of rotatable bonds is 7. The SMILES string of the molecule is O=C(CN1C(=O)C2CCCCN2c2ccc(S(=O)(=O)N3CCCCC3)cc21)NCCc1ccccc1. The maximum absolute atomic E-state index is 13.6. The molecule has 192 valence electrons. The van der Waals surface area contributed by atoms with Crippen molar-refractivity contribution in [1.82, 2.24) is 9.62 Å². The number of fused-ring (bicyclic) bond motifs is 3. The first-order valence-corrected chi connectivity index (χ1v) is 14.4. The summed E-state index contributed by atoms with van der Waals surface area (Å²) >= 11 is 0. The molecule has 2 saturated heterocycles. The van der Waals surface area contributed by atoms with E-state index in [1.807, 2.05) is 36.4 Å². The lowest BCUT2D eigenvalue weighted by Gasteiger charge is -2.45. The van der Waals surface area contributed by atoms with Gasteiger partial charge in [-0.3, -0.25) is 14.5 Å². The Balaban J connectivity index is 1.39. The number of hydrogen-bond donors (Lipinski definition) is 1. The molecule has 8 nitrogen and oxygen atoms in total. The first-order chi connectivity index (χ1) is 17.4. The summed E-state index contributed by atoms with van der Waals surface area (Å²) in [6.45, 7) is 2.12. The Morgan fingerprint density at radius 3 is 2.44 bits per heavy atom. The molecule has 0 aliphatic carbocycles. The van der Waals surface area contributed by atoms with E-state index in [0.29, 0.717) is 31.7 Å². The molecule has 0 radical (unpaired) electrons. The molecule has 9 heteroatoms. The van der Waals surface area contributed by atoms with Crippen LogP contribution >= 0.6 is 0 Å². The summed E-state index contributed by atoms with van der Waals surface area (Å²) in [5.74, 6) is -0.383. The first kappa shape index (κ1) is 24.8. The molecule has 3 heterocycles. The minimum atomic E-state index is -3.66. The number of nitrogens with one attached hydrogen (secondary N) is 1. The monoisotopic (exact) mass is 510 g/mol. The molecule has 2 amide bonds. The van der Waals surface area contributed by atoms with Crippen molar-refractivity contribution >= 4 is 33.2 Å². The van der Waals surface area contributed by atoms with Crippen LogP contribution in [0.25, 0.3) is 0 Å². The van der Waals surface area contributed by atoms with Gasteiger partial charge in [-0.1, -0.05) is 36.8 Å². The molecule has 0 bridgehead atoms. The zero-order chi connectivity index (χ0) is 25.1. The fraction of sp³-hybridized carbons (Fsp3) is 0.481. The lowest BCUT2D eigenvalue weighted by molar-refractivity contribution is -0.124. The molecule has 3 aliphatic heterocycles. The minimum Gasteiger partial charge on any atom is -0.358 e. The molecule has 5 rings (SSSR count). The van der Waals surface area contributed by atoms with Crippen LogP contribution in [-0.2, 0) is 26.0 Å². The molecule has 1 N–H and O–H groups in total. The van der Waals surface area contributed by atoms with Crippen LogP contribution in [0.3, 0.4) is 0 Å². The van der Waals surface area contributed by atoms with E-state index in [4.69, 9.17) is 0 Å². The molecule has 36 heavy (non-hydrogen) atoms. The molecule has 2 aromatic rings. The van der Waals surface area contributed by atoms with E-state index in [-0.39, 0.29) is 29.3 Å². The van der Waals surface area contributed by atoms with Crippen LogP contribution in [0.5, 0.6) is 0 Å². The molecule has 1 unspecified atom stereocenters. The average molecular weight is 511 g/mol. The number of carbonyl (C=O) groups excluding carboxylic acids is 2. The molecule has 2 aromatic carbocycles. The molecule has 0 spiro atoms. The highest BCUT2D eigenvalue weighted by Crippen LogP contribution is 2.41. The topological polar surface area (TPSA) is 90.0 Å². The highest BCUT2D eigenvalue weighted by molar-refractivity contribution is 7.89. The minimum absolute atomic E-state index is 0.127. The Morgan fingerprint density at radius 2 is 1.67 bits per heavy atom. The van der Waals surface area contributed by atoms with Crippen molar-refractivity contribution < 1.29 is 18.0 Å². The average Bonchev–Trinajstić information content (AvgIpc) is 2.92. The molecular formula is C27H34N4O4S. The van der Waals surface area contributed by atoms with Gasteiger partial charge in [0.2, 0.25) is 21.8 Å². The van der Waals surface area contributed by atoms with Crippen molar-refractivity contribution in [1.29, 1.82) is 0 Å². The number of carbonyl (C=O) groups is 2. The van der Waals surface area contributed by atoms with E-state index in [1.54, 1.807) is 12.1 Å². The third kappa shape index (κ3) is 4.99. The van der Waals surface area contributed by atoms with Gasteiger partial charge in [0.1, 0.15) is 12.6 Å². The van der Waals surface area contributed by atoms with Gasteiger partial charge >= 0.3 is 0 Å². The number of hydrogen-bond acceptors (Lipinski definition) is 5. The predicted molar refractivity (Wildman–Crippen MR) is 140 cm³/mol. The molecule has 0 saturated carbocycles.